The summed E-state index contributed by atoms with van der Waals surface area (Å²) >= 11 is 0. The number of amides is 1. The molecule has 0 atom stereocenters. The zero-order valence-electron chi connectivity index (χ0n) is 8.84. The fourth-order valence-electron chi connectivity index (χ4n) is 1.40. The molecule has 0 saturated heterocycles. The van der Waals surface area contributed by atoms with Gasteiger partial charge in [0.25, 0.3) is 5.91 Å². The maximum atomic E-state index is 11.8. The van der Waals surface area contributed by atoms with E-state index in [2.05, 4.69) is 10.4 Å². The Morgan fingerprint density at radius 3 is 2.62 bits per heavy atom. The van der Waals surface area contributed by atoms with Crippen molar-refractivity contribution in [2.75, 3.05) is 11.1 Å². The third-order valence-corrected chi connectivity index (χ3v) is 2.10. The summed E-state index contributed by atoms with van der Waals surface area (Å²) in [4.78, 5) is 11.8. The van der Waals surface area contributed by atoms with Crippen molar-refractivity contribution >= 4 is 17.3 Å². The van der Waals surface area contributed by atoms with Gasteiger partial charge in [-0.1, -0.05) is 18.2 Å². The number of nitrogens with zero attached hydrogens (tertiary/aromatic N) is 2. The summed E-state index contributed by atoms with van der Waals surface area (Å²) in [6.45, 7) is 0. The van der Waals surface area contributed by atoms with E-state index < -0.39 is 0 Å². The predicted octanol–water partition coefficient (Wildman–Crippen LogP) is 1.25. The van der Waals surface area contributed by atoms with Crippen molar-refractivity contribution in [1.82, 2.24) is 9.78 Å². The van der Waals surface area contributed by atoms with Gasteiger partial charge in [0.2, 0.25) is 0 Å². The molecule has 16 heavy (non-hydrogen) atoms. The first kappa shape index (κ1) is 10.2. The number of rotatable bonds is 2. The van der Waals surface area contributed by atoms with Gasteiger partial charge in [0, 0.05) is 18.9 Å². The Balaban J connectivity index is 2.18. The van der Waals surface area contributed by atoms with Crippen molar-refractivity contribution in [2.24, 2.45) is 7.05 Å². The number of hydrogen-bond acceptors (Lipinski definition) is 3. The second kappa shape index (κ2) is 4.06. The Kier molecular flexibility index (Phi) is 2.59. The molecule has 0 aliphatic heterocycles. The molecule has 5 heteroatoms. The van der Waals surface area contributed by atoms with E-state index in [-0.39, 0.29) is 11.6 Å². The second-order valence-corrected chi connectivity index (χ2v) is 3.43. The first-order chi connectivity index (χ1) is 7.66. The zero-order chi connectivity index (χ0) is 11.5. The second-order valence-electron chi connectivity index (χ2n) is 3.43. The molecular weight excluding hydrogens is 204 g/mol. The van der Waals surface area contributed by atoms with Crippen molar-refractivity contribution < 1.29 is 4.79 Å². The first-order valence-corrected chi connectivity index (χ1v) is 4.82. The molecule has 5 nitrogen and oxygen atoms in total. The summed E-state index contributed by atoms with van der Waals surface area (Å²) < 4.78 is 1.51. The molecular formula is C11H12N4O. The van der Waals surface area contributed by atoms with Gasteiger partial charge in [-0.2, -0.15) is 5.10 Å². The number of aryl methyl sites for hydroxylation is 1. The summed E-state index contributed by atoms with van der Waals surface area (Å²) in [5, 5.41) is 6.70. The number of para-hydroxylation sites is 1. The molecule has 1 amide bonds. The van der Waals surface area contributed by atoms with Crippen molar-refractivity contribution in [2.45, 2.75) is 0 Å². The lowest BCUT2D eigenvalue weighted by atomic mass is 10.3. The standard InChI is InChI=1S/C11H12N4O/c1-15-7-9(12)10(14-15)11(16)13-8-5-3-2-4-6-8/h2-7H,12H2,1H3,(H,13,16). The minimum absolute atomic E-state index is 0.242. The highest BCUT2D eigenvalue weighted by Crippen LogP contribution is 2.12. The zero-order valence-corrected chi connectivity index (χ0v) is 8.84. The van der Waals surface area contributed by atoms with Crippen LogP contribution in [0.25, 0.3) is 0 Å². The maximum Gasteiger partial charge on any atom is 0.278 e. The first-order valence-electron chi connectivity index (χ1n) is 4.82. The molecule has 0 radical (unpaired) electrons. The van der Waals surface area contributed by atoms with Gasteiger partial charge in [-0.25, -0.2) is 0 Å². The van der Waals surface area contributed by atoms with Crippen LogP contribution in [-0.2, 0) is 7.05 Å². The molecule has 2 rings (SSSR count). The average Bonchev–Trinajstić information content (AvgIpc) is 2.59. The normalized spacial score (nSPS) is 10.1. The highest BCUT2D eigenvalue weighted by Gasteiger charge is 2.13. The fraction of sp³-hybridized carbons (Fsp3) is 0.0909. The molecule has 0 aliphatic carbocycles. The molecule has 0 saturated carbocycles. The molecule has 1 aromatic carbocycles. The van der Waals surface area contributed by atoms with Crippen LogP contribution in [-0.4, -0.2) is 15.7 Å². The van der Waals surface area contributed by atoms with Gasteiger partial charge >= 0.3 is 0 Å². The number of benzene rings is 1. The topological polar surface area (TPSA) is 72.9 Å². The summed E-state index contributed by atoms with van der Waals surface area (Å²) in [6.07, 6.45) is 1.60. The fourth-order valence-corrected chi connectivity index (χ4v) is 1.40. The molecule has 0 spiro atoms. The largest absolute Gasteiger partial charge is 0.396 e. The van der Waals surface area contributed by atoms with Gasteiger partial charge in [-0.3, -0.25) is 9.48 Å². The molecule has 1 heterocycles. The van der Waals surface area contributed by atoms with E-state index in [0.29, 0.717) is 5.69 Å². The van der Waals surface area contributed by atoms with E-state index in [9.17, 15) is 4.79 Å². The van der Waals surface area contributed by atoms with Gasteiger partial charge in [-0.15, -0.1) is 0 Å². The minimum atomic E-state index is -0.302. The number of nitrogens with two attached hydrogens (primary N) is 1. The van der Waals surface area contributed by atoms with E-state index in [1.54, 1.807) is 25.4 Å². The maximum absolute atomic E-state index is 11.8. The molecule has 82 valence electrons. The minimum Gasteiger partial charge on any atom is -0.396 e. The third-order valence-electron chi connectivity index (χ3n) is 2.10. The van der Waals surface area contributed by atoms with Gasteiger partial charge in [0.1, 0.15) is 0 Å². The number of nitrogens with one attached hydrogen (secondary N) is 1. The molecule has 0 fully saturated rings. The molecule has 0 aliphatic rings. The van der Waals surface area contributed by atoms with Crippen LogP contribution in [0, 0.1) is 0 Å². The predicted molar refractivity (Wildman–Crippen MR) is 62.0 cm³/mol. The summed E-state index contributed by atoms with van der Waals surface area (Å²) in [6, 6.07) is 9.17. The van der Waals surface area contributed by atoms with Crippen molar-refractivity contribution in [3.05, 3.63) is 42.2 Å². The van der Waals surface area contributed by atoms with Crippen LogP contribution in [0.4, 0.5) is 11.4 Å². The van der Waals surface area contributed by atoms with Crippen molar-refractivity contribution in [1.29, 1.82) is 0 Å². The van der Waals surface area contributed by atoms with E-state index >= 15 is 0 Å². The quantitative estimate of drug-likeness (QED) is 0.793. The number of aromatic nitrogens is 2. The van der Waals surface area contributed by atoms with Crippen LogP contribution in [0.15, 0.2) is 36.5 Å². The third kappa shape index (κ3) is 2.03. The van der Waals surface area contributed by atoms with Gasteiger partial charge in [-0.05, 0) is 12.1 Å². The van der Waals surface area contributed by atoms with E-state index in [0.717, 1.165) is 5.69 Å². The Bertz CT molecular complexity index is 504. The summed E-state index contributed by atoms with van der Waals surface area (Å²) in [5.74, 6) is -0.302. The number of hydrogen-bond donors (Lipinski definition) is 2. The van der Waals surface area contributed by atoms with E-state index in [1.807, 2.05) is 18.2 Å². The molecule has 2 aromatic rings. The lowest BCUT2D eigenvalue weighted by Gasteiger charge is -2.02. The van der Waals surface area contributed by atoms with Crippen molar-refractivity contribution in [3.8, 4) is 0 Å². The number of anilines is 2. The van der Waals surface area contributed by atoms with Gasteiger partial charge in [0.05, 0.1) is 5.69 Å². The molecule has 0 bridgehead atoms. The van der Waals surface area contributed by atoms with Crippen LogP contribution >= 0.6 is 0 Å². The van der Waals surface area contributed by atoms with Crippen LogP contribution in [0.3, 0.4) is 0 Å². The van der Waals surface area contributed by atoms with Crippen LogP contribution in [0.1, 0.15) is 10.5 Å². The lowest BCUT2D eigenvalue weighted by molar-refractivity contribution is 0.102. The molecule has 1 aromatic heterocycles. The van der Waals surface area contributed by atoms with Crippen LogP contribution in [0.2, 0.25) is 0 Å². The monoisotopic (exact) mass is 216 g/mol. The summed E-state index contributed by atoms with van der Waals surface area (Å²) in [5.41, 5.74) is 6.98. The summed E-state index contributed by atoms with van der Waals surface area (Å²) in [7, 11) is 1.72. The Hall–Kier alpha value is -2.30. The van der Waals surface area contributed by atoms with E-state index in [1.165, 1.54) is 4.68 Å². The number of carbonyl (C=O) groups excluding carboxylic acids is 1. The van der Waals surface area contributed by atoms with Crippen LogP contribution < -0.4 is 11.1 Å². The average molecular weight is 216 g/mol. The number of nitrogen functional groups attached to an aromatic ring is 1. The Morgan fingerprint density at radius 1 is 1.38 bits per heavy atom. The molecule has 3 N–H and O–H groups in total. The van der Waals surface area contributed by atoms with Gasteiger partial charge < -0.3 is 11.1 Å². The highest BCUT2D eigenvalue weighted by atomic mass is 16.2. The Morgan fingerprint density at radius 2 is 2.06 bits per heavy atom. The van der Waals surface area contributed by atoms with Gasteiger partial charge in [0.15, 0.2) is 5.69 Å². The number of carbonyl (C=O) groups is 1. The molecule has 0 unspecified atom stereocenters. The van der Waals surface area contributed by atoms with Crippen LogP contribution in [0.5, 0.6) is 0 Å². The van der Waals surface area contributed by atoms with E-state index in [4.69, 9.17) is 5.73 Å². The Labute approximate surface area is 92.9 Å². The SMILES string of the molecule is Cn1cc(N)c(C(=O)Nc2ccccc2)n1. The highest BCUT2D eigenvalue weighted by molar-refractivity contribution is 6.06. The smallest absolute Gasteiger partial charge is 0.278 e. The van der Waals surface area contributed by atoms with Crippen molar-refractivity contribution in [3.63, 3.8) is 0 Å². The lowest BCUT2D eigenvalue weighted by Crippen LogP contribution is -2.14.